The molecule has 1 fully saturated rings. The number of rotatable bonds is 4. The lowest BCUT2D eigenvalue weighted by Crippen LogP contribution is -2.35. The molecule has 32 heavy (non-hydrogen) atoms. The lowest BCUT2D eigenvalue weighted by molar-refractivity contribution is -0.0174. The fourth-order valence-corrected chi connectivity index (χ4v) is 5.07. The van der Waals surface area contributed by atoms with Crippen LogP contribution in [0.2, 0.25) is 10.0 Å². The number of halogens is 2. The highest BCUT2D eigenvalue weighted by Gasteiger charge is 2.39. The maximum absolute atomic E-state index is 13.1. The van der Waals surface area contributed by atoms with Crippen LogP contribution in [0.15, 0.2) is 36.4 Å². The minimum atomic E-state index is -0.546. The quantitative estimate of drug-likeness (QED) is 0.379. The zero-order chi connectivity index (χ0) is 23.2. The molecule has 7 heteroatoms. The molecule has 2 aromatic carbocycles. The van der Waals surface area contributed by atoms with Crippen molar-refractivity contribution in [2.45, 2.75) is 46.1 Å². The van der Waals surface area contributed by atoms with Crippen LogP contribution in [0.3, 0.4) is 0 Å². The zero-order valence-corrected chi connectivity index (χ0v) is 19.7. The smallest absolute Gasteiger partial charge is 0.338 e. The molecule has 0 radical (unpaired) electrons. The molecule has 0 spiro atoms. The largest absolute Gasteiger partial charge is 0.458 e. The Bertz CT molecular complexity index is 1100. The van der Waals surface area contributed by atoms with Crippen molar-refractivity contribution in [2.75, 3.05) is 4.90 Å². The first-order valence-corrected chi connectivity index (χ1v) is 11.6. The van der Waals surface area contributed by atoms with Gasteiger partial charge in [0.15, 0.2) is 0 Å². The van der Waals surface area contributed by atoms with E-state index in [-0.39, 0.29) is 33.5 Å². The average Bonchev–Trinajstić information content (AvgIpc) is 2.99. The summed E-state index contributed by atoms with van der Waals surface area (Å²) in [5, 5.41) is 0.585. The first-order chi connectivity index (χ1) is 15.2. The SMILES string of the molecule is CC1CCC(C(C)C)C(OC(=O)c2ccc3c(c2)C(=O)N(c2cc(Cl)ccc2Cl)C3=O)C1. The Labute approximate surface area is 197 Å². The lowest BCUT2D eigenvalue weighted by Gasteiger charge is -2.36. The molecule has 168 valence electrons. The molecule has 5 nitrogen and oxygen atoms in total. The van der Waals surface area contributed by atoms with Gasteiger partial charge in [0.05, 0.1) is 27.4 Å². The second-order valence-corrected chi connectivity index (χ2v) is 9.92. The Kier molecular flexibility index (Phi) is 6.33. The Hall–Kier alpha value is -2.37. The van der Waals surface area contributed by atoms with E-state index in [1.807, 2.05) is 0 Å². The van der Waals surface area contributed by atoms with E-state index in [0.29, 0.717) is 22.8 Å². The second kappa shape index (κ2) is 8.87. The third-order valence-corrected chi connectivity index (χ3v) is 7.05. The van der Waals surface area contributed by atoms with Crippen molar-refractivity contribution < 1.29 is 19.1 Å². The first-order valence-electron chi connectivity index (χ1n) is 10.9. The predicted octanol–water partition coefficient (Wildman–Crippen LogP) is 6.41. The van der Waals surface area contributed by atoms with Gasteiger partial charge >= 0.3 is 5.97 Å². The summed E-state index contributed by atoms with van der Waals surface area (Å²) in [6.45, 7) is 6.47. The number of amides is 2. The van der Waals surface area contributed by atoms with Crippen molar-refractivity contribution in [1.82, 2.24) is 0 Å². The molecule has 2 amide bonds. The second-order valence-electron chi connectivity index (χ2n) is 9.07. The van der Waals surface area contributed by atoms with Gasteiger partial charge in [-0.05, 0) is 67.0 Å². The fraction of sp³-hybridized carbons (Fsp3) is 0.400. The molecule has 2 aromatic rings. The fourth-order valence-electron chi connectivity index (χ4n) is 4.70. The minimum absolute atomic E-state index is 0.151. The molecule has 1 saturated carbocycles. The summed E-state index contributed by atoms with van der Waals surface area (Å²) in [5.41, 5.74) is 0.835. The van der Waals surface area contributed by atoms with Gasteiger partial charge in [-0.25, -0.2) is 9.69 Å². The molecule has 1 aliphatic carbocycles. The Balaban J connectivity index is 1.60. The van der Waals surface area contributed by atoms with Crippen molar-refractivity contribution in [3.05, 3.63) is 63.1 Å². The molecule has 3 unspecified atom stereocenters. The number of carbonyl (C=O) groups is 3. The van der Waals surface area contributed by atoms with Crippen molar-refractivity contribution in [3.63, 3.8) is 0 Å². The molecule has 1 heterocycles. The number of imide groups is 1. The third-order valence-electron chi connectivity index (χ3n) is 6.49. The van der Waals surface area contributed by atoms with E-state index in [1.165, 1.54) is 30.3 Å². The summed E-state index contributed by atoms with van der Waals surface area (Å²) >= 11 is 12.2. The van der Waals surface area contributed by atoms with Crippen LogP contribution in [0, 0.1) is 17.8 Å². The number of nitrogens with zero attached hydrogens (tertiary/aromatic N) is 1. The van der Waals surface area contributed by atoms with Gasteiger partial charge in [-0.3, -0.25) is 9.59 Å². The number of hydrogen-bond donors (Lipinski definition) is 0. The van der Waals surface area contributed by atoms with Gasteiger partial charge in [-0.2, -0.15) is 0 Å². The summed E-state index contributed by atoms with van der Waals surface area (Å²) in [6.07, 6.45) is 2.84. The van der Waals surface area contributed by atoms with Crippen molar-refractivity contribution in [1.29, 1.82) is 0 Å². The number of hydrogen-bond acceptors (Lipinski definition) is 4. The molecule has 4 rings (SSSR count). The van der Waals surface area contributed by atoms with Gasteiger partial charge in [0, 0.05) is 5.02 Å². The Morgan fingerprint density at radius 3 is 2.47 bits per heavy atom. The number of benzene rings is 2. The molecule has 0 aromatic heterocycles. The topological polar surface area (TPSA) is 63.7 Å². The molecule has 0 saturated heterocycles. The molecule has 1 aliphatic heterocycles. The van der Waals surface area contributed by atoms with Crippen molar-refractivity contribution >= 4 is 46.7 Å². The number of carbonyl (C=O) groups excluding carboxylic acids is 3. The van der Waals surface area contributed by atoms with Crippen molar-refractivity contribution in [3.8, 4) is 0 Å². The molecule has 0 bridgehead atoms. The maximum Gasteiger partial charge on any atom is 0.338 e. The average molecular weight is 474 g/mol. The molecular weight excluding hydrogens is 449 g/mol. The van der Waals surface area contributed by atoms with Crippen LogP contribution in [-0.2, 0) is 4.74 Å². The number of ether oxygens (including phenoxy) is 1. The molecule has 0 N–H and O–H groups in total. The Morgan fingerprint density at radius 2 is 1.75 bits per heavy atom. The van der Waals surface area contributed by atoms with Crippen LogP contribution in [0.4, 0.5) is 5.69 Å². The monoisotopic (exact) mass is 473 g/mol. The summed E-state index contributed by atoms with van der Waals surface area (Å²) in [6, 6.07) is 9.04. The van der Waals surface area contributed by atoms with Crippen LogP contribution < -0.4 is 4.90 Å². The summed E-state index contributed by atoms with van der Waals surface area (Å²) in [4.78, 5) is 39.9. The van der Waals surface area contributed by atoms with Gasteiger partial charge in [-0.1, -0.05) is 50.4 Å². The highest BCUT2D eigenvalue weighted by Crippen LogP contribution is 2.37. The lowest BCUT2D eigenvalue weighted by atomic mass is 9.75. The maximum atomic E-state index is 13.1. The number of esters is 1. The van der Waals surface area contributed by atoms with Gasteiger partial charge in [0.2, 0.25) is 0 Å². The summed E-state index contributed by atoms with van der Waals surface area (Å²) in [7, 11) is 0. The van der Waals surface area contributed by atoms with E-state index in [2.05, 4.69) is 20.8 Å². The van der Waals surface area contributed by atoms with Gasteiger partial charge in [0.1, 0.15) is 6.10 Å². The van der Waals surface area contributed by atoms with Crippen molar-refractivity contribution in [2.24, 2.45) is 17.8 Å². The van der Waals surface area contributed by atoms with Crippen LogP contribution in [-0.4, -0.2) is 23.9 Å². The van der Waals surface area contributed by atoms with E-state index in [9.17, 15) is 14.4 Å². The third kappa shape index (κ3) is 4.16. The Morgan fingerprint density at radius 1 is 1.03 bits per heavy atom. The van der Waals surface area contributed by atoms with E-state index in [4.69, 9.17) is 27.9 Å². The summed E-state index contributed by atoms with van der Waals surface area (Å²) < 4.78 is 5.90. The molecule has 2 aliphatic rings. The molecular formula is C25H25Cl2NO4. The normalized spacial score (nSPS) is 22.9. The van der Waals surface area contributed by atoms with Gasteiger partial charge in [-0.15, -0.1) is 0 Å². The minimum Gasteiger partial charge on any atom is -0.458 e. The number of fused-ring (bicyclic) bond motifs is 1. The van der Waals surface area contributed by atoms with Crippen LogP contribution in [0.1, 0.15) is 71.1 Å². The van der Waals surface area contributed by atoms with Crippen LogP contribution >= 0.6 is 23.2 Å². The zero-order valence-electron chi connectivity index (χ0n) is 18.2. The highest BCUT2D eigenvalue weighted by molar-refractivity contribution is 6.41. The van der Waals surface area contributed by atoms with Gasteiger partial charge in [0.25, 0.3) is 11.8 Å². The molecule has 3 atom stereocenters. The highest BCUT2D eigenvalue weighted by atomic mass is 35.5. The standard InChI is InChI=1S/C25H25Cl2NO4/c1-13(2)17-7-4-14(3)10-22(17)32-25(31)15-5-8-18-19(11-15)24(30)28(23(18)29)21-12-16(26)6-9-20(21)27/h5-6,8-9,11-14,17,22H,4,7,10H2,1-3H3. The predicted molar refractivity (Wildman–Crippen MR) is 125 cm³/mol. The summed E-state index contributed by atoms with van der Waals surface area (Å²) in [5.74, 6) is -0.302. The van der Waals surface area contributed by atoms with Crippen LogP contribution in [0.25, 0.3) is 0 Å². The van der Waals surface area contributed by atoms with E-state index >= 15 is 0 Å². The van der Waals surface area contributed by atoms with Crippen LogP contribution in [0.5, 0.6) is 0 Å². The van der Waals surface area contributed by atoms with E-state index < -0.39 is 17.8 Å². The van der Waals surface area contributed by atoms with Gasteiger partial charge < -0.3 is 4.74 Å². The van der Waals surface area contributed by atoms with E-state index in [0.717, 1.165) is 24.2 Å². The first kappa shape index (κ1) is 22.8. The van der Waals surface area contributed by atoms with E-state index in [1.54, 1.807) is 6.07 Å². The number of anilines is 1.